The summed E-state index contributed by atoms with van der Waals surface area (Å²) in [5.41, 5.74) is 0. The van der Waals surface area contributed by atoms with E-state index in [1.54, 1.807) is 11.8 Å². The van der Waals surface area contributed by atoms with Crippen molar-refractivity contribution in [2.24, 2.45) is 5.92 Å². The van der Waals surface area contributed by atoms with Crippen LogP contribution in [0.2, 0.25) is 0 Å². The van der Waals surface area contributed by atoms with E-state index in [0.717, 1.165) is 38.1 Å². The van der Waals surface area contributed by atoms with Gasteiger partial charge >= 0.3 is 5.97 Å². The van der Waals surface area contributed by atoms with Crippen LogP contribution in [0, 0.1) is 5.92 Å². The zero-order valence-electron chi connectivity index (χ0n) is 10.4. The largest absolute Gasteiger partial charge is 0.481 e. The van der Waals surface area contributed by atoms with Crippen LogP contribution >= 0.6 is 11.8 Å². The zero-order chi connectivity index (χ0) is 12.7. The van der Waals surface area contributed by atoms with E-state index in [1.165, 1.54) is 0 Å². The van der Waals surface area contributed by atoms with Gasteiger partial charge in [-0.05, 0) is 31.4 Å². The molecule has 1 amide bonds. The predicted molar refractivity (Wildman–Crippen MR) is 69.2 cm³/mol. The second-order valence-electron chi connectivity index (χ2n) is 4.50. The van der Waals surface area contributed by atoms with E-state index in [9.17, 15) is 9.59 Å². The van der Waals surface area contributed by atoms with E-state index in [2.05, 4.69) is 0 Å². The van der Waals surface area contributed by atoms with Crippen molar-refractivity contribution in [1.82, 2.24) is 4.90 Å². The molecule has 1 N–H and O–H groups in total. The molecule has 1 rings (SSSR count). The van der Waals surface area contributed by atoms with Crippen molar-refractivity contribution < 1.29 is 14.7 Å². The Morgan fingerprint density at radius 1 is 1.29 bits per heavy atom. The Kier molecular flexibility index (Phi) is 6.40. The molecule has 1 heterocycles. The fraction of sp³-hybridized carbons (Fsp3) is 0.833. The monoisotopic (exact) mass is 259 g/mol. The fourth-order valence-electron chi connectivity index (χ4n) is 2.15. The molecule has 0 radical (unpaired) electrons. The summed E-state index contributed by atoms with van der Waals surface area (Å²) < 4.78 is 0. The Labute approximate surface area is 107 Å². The molecule has 5 heteroatoms. The van der Waals surface area contributed by atoms with Crippen LogP contribution in [0.25, 0.3) is 0 Å². The van der Waals surface area contributed by atoms with Gasteiger partial charge in [-0.3, -0.25) is 9.59 Å². The number of carboxylic acids is 1. The number of hydrogen-bond acceptors (Lipinski definition) is 3. The standard InChI is InChI=1S/C12H21NO3S/c1-17-9-6-11(14)13-7-4-10(5-8-13)2-3-12(15)16/h10H,2-9H2,1H3,(H,15,16). The van der Waals surface area contributed by atoms with Gasteiger partial charge in [0.1, 0.15) is 0 Å². The number of carbonyl (C=O) groups excluding carboxylic acids is 1. The van der Waals surface area contributed by atoms with Gasteiger partial charge in [0, 0.05) is 31.7 Å². The smallest absolute Gasteiger partial charge is 0.303 e. The summed E-state index contributed by atoms with van der Waals surface area (Å²) in [4.78, 5) is 24.1. The van der Waals surface area contributed by atoms with Gasteiger partial charge in [-0.15, -0.1) is 0 Å². The third-order valence-corrected chi connectivity index (χ3v) is 3.87. The lowest BCUT2D eigenvalue weighted by atomic mass is 9.92. The lowest BCUT2D eigenvalue weighted by Crippen LogP contribution is -2.38. The first-order chi connectivity index (χ1) is 8.13. The number of rotatable bonds is 6. The van der Waals surface area contributed by atoms with Crippen molar-refractivity contribution in [2.75, 3.05) is 25.1 Å². The number of aliphatic carboxylic acids is 1. The summed E-state index contributed by atoms with van der Waals surface area (Å²) in [6, 6.07) is 0. The van der Waals surface area contributed by atoms with Crippen LogP contribution in [0.5, 0.6) is 0 Å². The molecular formula is C12H21NO3S. The molecule has 0 aromatic heterocycles. The summed E-state index contributed by atoms with van der Waals surface area (Å²) in [6.07, 6.45) is 5.55. The van der Waals surface area contributed by atoms with E-state index in [-0.39, 0.29) is 12.3 Å². The number of piperidine rings is 1. The predicted octanol–water partition coefficient (Wildman–Crippen LogP) is 1.84. The highest BCUT2D eigenvalue weighted by Gasteiger charge is 2.22. The number of amides is 1. The second kappa shape index (κ2) is 7.58. The molecule has 1 aliphatic heterocycles. The molecule has 0 saturated carbocycles. The van der Waals surface area contributed by atoms with E-state index in [4.69, 9.17) is 5.11 Å². The first-order valence-electron chi connectivity index (χ1n) is 6.12. The molecule has 1 fully saturated rings. The van der Waals surface area contributed by atoms with Gasteiger partial charge in [-0.2, -0.15) is 11.8 Å². The molecule has 0 aromatic carbocycles. The summed E-state index contributed by atoms with van der Waals surface area (Å²) in [5.74, 6) is 0.896. The molecule has 0 spiro atoms. The number of nitrogens with zero attached hydrogens (tertiary/aromatic N) is 1. The molecule has 17 heavy (non-hydrogen) atoms. The first-order valence-corrected chi connectivity index (χ1v) is 7.51. The minimum atomic E-state index is -0.719. The van der Waals surface area contributed by atoms with Crippen LogP contribution in [0.1, 0.15) is 32.1 Å². The Morgan fingerprint density at radius 2 is 1.94 bits per heavy atom. The summed E-state index contributed by atoms with van der Waals surface area (Å²) in [7, 11) is 0. The molecule has 1 aliphatic rings. The minimum absolute atomic E-state index is 0.246. The summed E-state index contributed by atoms with van der Waals surface area (Å²) >= 11 is 1.69. The second-order valence-corrected chi connectivity index (χ2v) is 5.48. The third kappa shape index (κ3) is 5.44. The highest BCUT2D eigenvalue weighted by Crippen LogP contribution is 2.22. The maximum absolute atomic E-state index is 11.7. The maximum atomic E-state index is 11.7. The molecule has 98 valence electrons. The van der Waals surface area contributed by atoms with Crippen molar-refractivity contribution in [3.63, 3.8) is 0 Å². The van der Waals surface area contributed by atoms with Crippen molar-refractivity contribution in [3.8, 4) is 0 Å². The van der Waals surface area contributed by atoms with Gasteiger partial charge in [0.05, 0.1) is 0 Å². The van der Waals surface area contributed by atoms with Gasteiger partial charge in [-0.25, -0.2) is 0 Å². The number of hydrogen-bond donors (Lipinski definition) is 1. The number of carboxylic acid groups (broad SMARTS) is 1. The van der Waals surface area contributed by atoms with Crippen LogP contribution in [0.4, 0.5) is 0 Å². The molecule has 1 saturated heterocycles. The zero-order valence-corrected chi connectivity index (χ0v) is 11.2. The molecular weight excluding hydrogens is 238 g/mol. The highest BCUT2D eigenvalue weighted by molar-refractivity contribution is 7.98. The van der Waals surface area contributed by atoms with Crippen molar-refractivity contribution in [3.05, 3.63) is 0 Å². The van der Waals surface area contributed by atoms with Gasteiger partial charge in [0.2, 0.25) is 5.91 Å². The normalized spacial score (nSPS) is 17.1. The number of thioether (sulfide) groups is 1. The van der Waals surface area contributed by atoms with Crippen LogP contribution < -0.4 is 0 Å². The Balaban J connectivity index is 2.20. The minimum Gasteiger partial charge on any atom is -0.481 e. The lowest BCUT2D eigenvalue weighted by Gasteiger charge is -2.31. The number of likely N-dealkylation sites (tertiary alicyclic amines) is 1. The molecule has 0 atom stereocenters. The Morgan fingerprint density at radius 3 is 2.47 bits per heavy atom. The average Bonchev–Trinajstić information content (AvgIpc) is 2.34. The van der Waals surface area contributed by atoms with Crippen LogP contribution in [0.15, 0.2) is 0 Å². The SMILES string of the molecule is CSCCC(=O)N1CCC(CCC(=O)O)CC1. The van der Waals surface area contributed by atoms with Crippen molar-refractivity contribution in [2.45, 2.75) is 32.1 Å². The first kappa shape index (κ1) is 14.4. The summed E-state index contributed by atoms with van der Waals surface area (Å²) in [5, 5.41) is 8.61. The van der Waals surface area contributed by atoms with E-state index < -0.39 is 5.97 Å². The lowest BCUT2D eigenvalue weighted by molar-refractivity contribution is -0.138. The van der Waals surface area contributed by atoms with Crippen molar-refractivity contribution in [1.29, 1.82) is 0 Å². The fourth-order valence-corrected chi connectivity index (χ4v) is 2.52. The van der Waals surface area contributed by atoms with Gasteiger partial charge in [-0.1, -0.05) is 0 Å². The van der Waals surface area contributed by atoms with Gasteiger partial charge in [0.15, 0.2) is 0 Å². The molecule has 4 nitrogen and oxygen atoms in total. The van der Waals surface area contributed by atoms with E-state index in [0.29, 0.717) is 12.3 Å². The average molecular weight is 259 g/mol. The third-order valence-electron chi connectivity index (χ3n) is 3.25. The topological polar surface area (TPSA) is 57.6 Å². The molecule has 0 aliphatic carbocycles. The van der Waals surface area contributed by atoms with Crippen molar-refractivity contribution >= 4 is 23.6 Å². The highest BCUT2D eigenvalue weighted by atomic mass is 32.2. The van der Waals surface area contributed by atoms with Gasteiger partial charge in [0.25, 0.3) is 0 Å². The van der Waals surface area contributed by atoms with E-state index in [1.807, 2.05) is 11.2 Å². The van der Waals surface area contributed by atoms with E-state index >= 15 is 0 Å². The molecule has 0 aromatic rings. The summed E-state index contributed by atoms with van der Waals surface area (Å²) in [6.45, 7) is 1.61. The Bertz CT molecular complexity index is 262. The van der Waals surface area contributed by atoms with Crippen LogP contribution in [-0.2, 0) is 9.59 Å². The number of carbonyl (C=O) groups is 2. The Hall–Kier alpha value is -0.710. The quantitative estimate of drug-likeness (QED) is 0.791. The van der Waals surface area contributed by atoms with Crippen LogP contribution in [0.3, 0.4) is 0 Å². The molecule has 0 bridgehead atoms. The van der Waals surface area contributed by atoms with Gasteiger partial charge < -0.3 is 10.0 Å². The molecule has 0 unspecified atom stereocenters. The van der Waals surface area contributed by atoms with Crippen LogP contribution in [-0.4, -0.2) is 47.0 Å². The maximum Gasteiger partial charge on any atom is 0.303 e.